The van der Waals surface area contributed by atoms with Crippen molar-refractivity contribution in [2.24, 2.45) is 17.8 Å². The summed E-state index contributed by atoms with van der Waals surface area (Å²) in [4.78, 5) is 11.8. The topological polar surface area (TPSA) is 38.3 Å². The van der Waals surface area contributed by atoms with E-state index in [4.69, 9.17) is 4.74 Å². The van der Waals surface area contributed by atoms with Gasteiger partial charge in [0.15, 0.2) is 0 Å². The fourth-order valence-electron chi connectivity index (χ4n) is 2.92. The maximum atomic E-state index is 11.8. The smallest absolute Gasteiger partial charge is 0.243 e. The van der Waals surface area contributed by atoms with Crippen molar-refractivity contribution >= 4 is 5.91 Å². The van der Waals surface area contributed by atoms with Crippen LogP contribution in [0.3, 0.4) is 0 Å². The van der Waals surface area contributed by atoms with Crippen molar-refractivity contribution in [3.63, 3.8) is 0 Å². The molecular formula is C18H23NO2. The molecule has 3 heteroatoms. The molecular weight excluding hydrogens is 262 g/mol. The summed E-state index contributed by atoms with van der Waals surface area (Å²) < 4.78 is 5.30. The Balaban J connectivity index is 1.36. The van der Waals surface area contributed by atoms with Crippen LogP contribution in [0, 0.1) is 17.8 Å². The number of hydrogen-bond acceptors (Lipinski definition) is 2. The molecule has 3 rings (SSSR count). The lowest BCUT2D eigenvalue weighted by Gasteiger charge is -2.07. The fraction of sp³-hybridized carbons (Fsp3) is 0.500. The van der Waals surface area contributed by atoms with Crippen LogP contribution < -0.4 is 5.32 Å². The van der Waals surface area contributed by atoms with Gasteiger partial charge in [-0.05, 0) is 42.7 Å². The maximum Gasteiger partial charge on any atom is 0.243 e. The molecule has 0 aromatic heterocycles. The van der Waals surface area contributed by atoms with Crippen LogP contribution in [0.5, 0.6) is 0 Å². The quantitative estimate of drug-likeness (QED) is 0.816. The van der Waals surface area contributed by atoms with E-state index in [9.17, 15) is 4.79 Å². The van der Waals surface area contributed by atoms with Gasteiger partial charge in [-0.15, -0.1) is 0 Å². The van der Waals surface area contributed by atoms with E-state index < -0.39 is 0 Å². The Hall–Kier alpha value is -1.61. The molecule has 112 valence electrons. The maximum absolute atomic E-state index is 11.8. The van der Waals surface area contributed by atoms with Crippen LogP contribution in [0.2, 0.25) is 0 Å². The standard InChI is InChI=1S/C18H23NO2/c20-18(19-12-15-8-9-21-13-15)7-6-16-11-17(16)10-14-4-2-1-3-5-14/h1-7,15-17H,8-13H2,(H,19,20). The summed E-state index contributed by atoms with van der Waals surface area (Å²) in [5.41, 5.74) is 1.39. The summed E-state index contributed by atoms with van der Waals surface area (Å²) in [5, 5.41) is 2.97. The van der Waals surface area contributed by atoms with Gasteiger partial charge < -0.3 is 10.1 Å². The molecule has 1 saturated heterocycles. The average Bonchev–Trinajstić information content (AvgIpc) is 3.02. The van der Waals surface area contributed by atoms with E-state index in [-0.39, 0.29) is 5.91 Å². The highest BCUT2D eigenvalue weighted by atomic mass is 16.5. The Bertz CT molecular complexity index is 491. The summed E-state index contributed by atoms with van der Waals surface area (Å²) in [7, 11) is 0. The minimum atomic E-state index is 0.0345. The molecule has 1 heterocycles. The molecule has 1 aromatic carbocycles. The molecule has 1 saturated carbocycles. The Morgan fingerprint density at radius 1 is 1.33 bits per heavy atom. The van der Waals surface area contributed by atoms with Crippen molar-refractivity contribution in [1.29, 1.82) is 0 Å². The van der Waals surface area contributed by atoms with Gasteiger partial charge in [-0.3, -0.25) is 4.79 Å². The highest BCUT2D eigenvalue weighted by molar-refractivity contribution is 5.87. The van der Waals surface area contributed by atoms with Crippen LogP contribution in [0.25, 0.3) is 0 Å². The second-order valence-corrected chi connectivity index (χ2v) is 6.18. The van der Waals surface area contributed by atoms with E-state index in [0.717, 1.165) is 32.6 Å². The first-order chi connectivity index (χ1) is 10.3. The third-order valence-electron chi connectivity index (χ3n) is 4.40. The van der Waals surface area contributed by atoms with E-state index in [1.165, 1.54) is 12.0 Å². The predicted octanol–water partition coefficient (Wildman–Crippen LogP) is 2.57. The summed E-state index contributed by atoms with van der Waals surface area (Å²) in [5.74, 6) is 1.81. The van der Waals surface area contributed by atoms with E-state index in [2.05, 4.69) is 35.7 Å². The first-order valence-electron chi connectivity index (χ1n) is 7.89. The van der Waals surface area contributed by atoms with Crippen LogP contribution in [0.4, 0.5) is 0 Å². The molecule has 2 aliphatic rings. The number of hydrogen-bond donors (Lipinski definition) is 1. The molecule has 1 amide bonds. The van der Waals surface area contributed by atoms with Crippen molar-refractivity contribution in [3.05, 3.63) is 48.0 Å². The number of carbonyl (C=O) groups excluding carboxylic acids is 1. The van der Waals surface area contributed by atoms with Crippen LogP contribution in [-0.4, -0.2) is 25.7 Å². The Labute approximate surface area is 126 Å². The van der Waals surface area contributed by atoms with Gasteiger partial charge in [-0.1, -0.05) is 36.4 Å². The van der Waals surface area contributed by atoms with Crippen molar-refractivity contribution in [2.45, 2.75) is 19.3 Å². The monoisotopic (exact) mass is 285 g/mol. The first kappa shape index (κ1) is 14.3. The number of carbonyl (C=O) groups is 1. The summed E-state index contributed by atoms with van der Waals surface area (Å²) >= 11 is 0. The van der Waals surface area contributed by atoms with Crippen molar-refractivity contribution in [2.75, 3.05) is 19.8 Å². The van der Waals surface area contributed by atoms with Gasteiger partial charge in [0, 0.05) is 19.1 Å². The highest BCUT2D eigenvalue weighted by Crippen LogP contribution is 2.42. The van der Waals surface area contributed by atoms with Gasteiger partial charge in [0.2, 0.25) is 5.91 Å². The lowest BCUT2D eigenvalue weighted by molar-refractivity contribution is -0.116. The van der Waals surface area contributed by atoms with Crippen LogP contribution in [0.1, 0.15) is 18.4 Å². The number of nitrogens with one attached hydrogen (secondary N) is 1. The third-order valence-corrected chi connectivity index (χ3v) is 4.40. The van der Waals surface area contributed by atoms with Crippen molar-refractivity contribution < 1.29 is 9.53 Å². The van der Waals surface area contributed by atoms with Crippen LogP contribution in [-0.2, 0) is 16.0 Å². The van der Waals surface area contributed by atoms with E-state index in [1.54, 1.807) is 6.08 Å². The lowest BCUT2D eigenvalue weighted by Crippen LogP contribution is -2.27. The number of allylic oxidation sites excluding steroid dienone is 1. The van der Waals surface area contributed by atoms with E-state index in [0.29, 0.717) is 17.8 Å². The predicted molar refractivity (Wildman–Crippen MR) is 82.8 cm³/mol. The SMILES string of the molecule is O=C(C=CC1CC1Cc1ccccc1)NCC1CCOC1. The highest BCUT2D eigenvalue weighted by Gasteiger charge is 2.34. The Morgan fingerprint density at radius 2 is 2.19 bits per heavy atom. The molecule has 3 unspecified atom stereocenters. The van der Waals surface area contributed by atoms with Crippen molar-refractivity contribution in [1.82, 2.24) is 5.32 Å². The van der Waals surface area contributed by atoms with Gasteiger partial charge in [0.25, 0.3) is 0 Å². The van der Waals surface area contributed by atoms with E-state index in [1.807, 2.05) is 6.07 Å². The van der Waals surface area contributed by atoms with Crippen LogP contribution in [0.15, 0.2) is 42.5 Å². The minimum absolute atomic E-state index is 0.0345. The summed E-state index contributed by atoms with van der Waals surface area (Å²) in [6.45, 7) is 2.35. The molecule has 0 spiro atoms. The molecule has 1 aliphatic carbocycles. The average molecular weight is 285 g/mol. The summed E-state index contributed by atoms with van der Waals surface area (Å²) in [6.07, 6.45) is 7.18. The van der Waals surface area contributed by atoms with Crippen molar-refractivity contribution in [3.8, 4) is 0 Å². The molecule has 21 heavy (non-hydrogen) atoms. The molecule has 0 radical (unpaired) electrons. The third kappa shape index (κ3) is 4.43. The molecule has 1 N–H and O–H groups in total. The molecule has 3 nitrogen and oxygen atoms in total. The zero-order valence-electron chi connectivity index (χ0n) is 12.3. The number of amides is 1. The van der Waals surface area contributed by atoms with Gasteiger partial charge >= 0.3 is 0 Å². The number of ether oxygens (including phenoxy) is 1. The first-order valence-corrected chi connectivity index (χ1v) is 7.89. The molecule has 0 bridgehead atoms. The van der Waals surface area contributed by atoms with Gasteiger partial charge in [-0.25, -0.2) is 0 Å². The van der Waals surface area contributed by atoms with Gasteiger partial charge in [0.1, 0.15) is 0 Å². The van der Waals surface area contributed by atoms with Crippen LogP contribution >= 0.6 is 0 Å². The fourth-order valence-corrected chi connectivity index (χ4v) is 2.92. The Kier molecular flexibility index (Phi) is 4.71. The zero-order chi connectivity index (χ0) is 14.5. The van der Waals surface area contributed by atoms with E-state index >= 15 is 0 Å². The lowest BCUT2D eigenvalue weighted by atomic mass is 10.1. The molecule has 1 aromatic rings. The molecule has 1 aliphatic heterocycles. The largest absolute Gasteiger partial charge is 0.381 e. The molecule has 3 atom stereocenters. The van der Waals surface area contributed by atoms with Gasteiger partial charge in [0.05, 0.1) is 6.61 Å². The minimum Gasteiger partial charge on any atom is -0.381 e. The Morgan fingerprint density at radius 3 is 2.95 bits per heavy atom. The second kappa shape index (κ2) is 6.90. The zero-order valence-corrected chi connectivity index (χ0v) is 12.3. The van der Waals surface area contributed by atoms with Gasteiger partial charge in [-0.2, -0.15) is 0 Å². The summed E-state index contributed by atoms with van der Waals surface area (Å²) in [6, 6.07) is 10.6. The normalized spacial score (nSPS) is 27.9. The molecule has 2 fully saturated rings. The number of rotatable bonds is 6. The second-order valence-electron chi connectivity index (χ2n) is 6.18. The number of benzene rings is 1.